The van der Waals surface area contributed by atoms with Gasteiger partial charge in [0.1, 0.15) is 5.75 Å². The van der Waals surface area contributed by atoms with Gasteiger partial charge in [0, 0.05) is 42.7 Å². The van der Waals surface area contributed by atoms with Crippen LogP contribution in [-0.4, -0.2) is 16.2 Å². The van der Waals surface area contributed by atoms with Gasteiger partial charge in [-0.2, -0.15) is 0 Å². The standard InChI is InChI=1S/C20H22N2O/c1-14-2-7-19-17(12-14)18-13-21-10-8-20(18)22(19)11-9-15-3-5-16(23)6-4-15/h2-7,12,21,23H,8-11,13H2,1H3. The number of nitrogens with one attached hydrogen (secondary N) is 1. The molecule has 0 unspecified atom stereocenters. The predicted octanol–water partition coefficient (Wildman–Crippen LogP) is 3.54. The highest BCUT2D eigenvalue weighted by molar-refractivity contribution is 5.86. The zero-order valence-corrected chi connectivity index (χ0v) is 13.5. The molecule has 3 heteroatoms. The summed E-state index contributed by atoms with van der Waals surface area (Å²) in [5.41, 5.74) is 6.90. The van der Waals surface area contributed by atoms with Gasteiger partial charge < -0.3 is 15.0 Å². The summed E-state index contributed by atoms with van der Waals surface area (Å²) in [5, 5.41) is 14.3. The minimum atomic E-state index is 0.332. The quantitative estimate of drug-likeness (QED) is 0.776. The molecule has 1 aliphatic rings. The second-order valence-electron chi connectivity index (χ2n) is 6.44. The minimum absolute atomic E-state index is 0.332. The van der Waals surface area contributed by atoms with E-state index in [1.807, 2.05) is 12.1 Å². The highest BCUT2D eigenvalue weighted by Gasteiger charge is 2.19. The molecule has 0 saturated carbocycles. The van der Waals surface area contributed by atoms with E-state index in [1.165, 1.54) is 33.3 Å². The van der Waals surface area contributed by atoms with E-state index < -0.39 is 0 Å². The summed E-state index contributed by atoms with van der Waals surface area (Å²) in [6, 6.07) is 14.4. The highest BCUT2D eigenvalue weighted by Crippen LogP contribution is 2.29. The SMILES string of the molecule is Cc1ccc2c(c1)c1c(n2CCc2ccc(O)cc2)CCNC1. The van der Waals surface area contributed by atoms with Gasteiger partial charge in [-0.15, -0.1) is 0 Å². The maximum Gasteiger partial charge on any atom is 0.115 e. The number of phenolic OH excluding ortho intramolecular Hbond substituents is 1. The van der Waals surface area contributed by atoms with Crippen molar-refractivity contribution in [3.8, 4) is 5.75 Å². The monoisotopic (exact) mass is 306 g/mol. The van der Waals surface area contributed by atoms with Crippen molar-refractivity contribution in [2.45, 2.75) is 32.9 Å². The summed E-state index contributed by atoms with van der Waals surface area (Å²) in [6.45, 7) is 5.18. The van der Waals surface area contributed by atoms with E-state index in [-0.39, 0.29) is 0 Å². The van der Waals surface area contributed by atoms with E-state index in [0.717, 1.165) is 32.5 Å². The Kier molecular flexibility index (Phi) is 3.58. The van der Waals surface area contributed by atoms with Crippen LogP contribution in [0, 0.1) is 6.92 Å². The molecule has 0 fully saturated rings. The third-order valence-corrected chi connectivity index (χ3v) is 4.84. The number of aromatic hydroxyl groups is 1. The summed E-state index contributed by atoms with van der Waals surface area (Å²) in [6.07, 6.45) is 2.08. The fourth-order valence-corrected chi connectivity index (χ4v) is 3.65. The lowest BCUT2D eigenvalue weighted by Crippen LogP contribution is -2.24. The Morgan fingerprint density at radius 3 is 2.78 bits per heavy atom. The smallest absolute Gasteiger partial charge is 0.115 e. The van der Waals surface area contributed by atoms with Crippen LogP contribution in [0.2, 0.25) is 0 Å². The lowest BCUT2D eigenvalue weighted by Gasteiger charge is -2.17. The van der Waals surface area contributed by atoms with Crippen LogP contribution in [0.5, 0.6) is 5.75 Å². The summed E-state index contributed by atoms with van der Waals surface area (Å²) in [7, 11) is 0. The third-order valence-electron chi connectivity index (χ3n) is 4.84. The van der Waals surface area contributed by atoms with Crippen molar-refractivity contribution in [1.82, 2.24) is 9.88 Å². The first-order valence-electron chi connectivity index (χ1n) is 8.31. The molecule has 3 nitrogen and oxygen atoms in total. The predicted molar refractivity (Wildman–Crippen MR) is 93.9 cm³/mol. The number of nitrogens with zero attached hydrogens (tertiary/aromatic N) is 1. The summed E-state index contributed by atoms with van der Waals surface area (Å²) < 4.78 is 2.50. The van der Waals surface area contributed by atoms with Crippen LogP contribution < -0.4 is 5.32 Å². The first kappa shape index (κ1) is 14.3. The Labute approximate surface area is 136 Å². The molecule has 0 aliphatic carbocycles. The van der Waals surface area contributed by atoms with E-state index in [2.05, 4.69) is 35.0 Å². The van der Waals surface area contributed by atoms with Crippen LogP contribution in [0.3, 0.4) is 0 Å². The van der Waals surface area contributed by atoms with E-state index in [1.54, 1.807) is 12.1 Å². The molecule has 0 radical (unpaired) electrons. The van der Waals surface area contributed by atoms with Gasteiger partial charge in [0.15, 0.2) is 0 Å². The normalized spacial score (nSPS) is 14.1. The minimum Gasteiger partial charge on any atom is -0.508 e. The van der Waals surface area contributed by atoms with Gasteiger partial charge in [0.25, 0.3) is 0 Å². The van der Waals surface area contributed by atoms with Gasteiger partial charge in [0.2, 0.25) is 0 Å². The molecule has 23 heavy (non-hydrogen) atoms. The number of rotatable bonds is 3. The second-order valence-corrected chi connectivity index (χ2v) is 6.44. The van der Waals surface area contributed by atoms with E-state index in [4.69, 9.17) is 0 Å². The fraction of sp³-hybridized carbons (Fsp3) is 0.300. The van der Waals surface area contributed by atoms with E-state index in [0.29, 0.717) is 5.75 Å². The van der Waals surface area contributed by atoms with Gasteiger partial charge in [0.05, 0.1) is 0 Å². The number of hydrogen-bond acceptors (Lipinski definition) is 2. The average Bonchev–Trinajstić information content (AvgIpc) is 2.88. The van der Waals surface area contributed by atoms with Crippen molar-refractivity contribution >= 4 is 10.9 Å². The number of aryl methyl sites for hydroxylation is 3. The molecule has 4 rings (SSSR count). The van der Waals surface area contributed by atoms with Gasteiger partial charge in [-0.25, -0.2) is 0 Å². The topological polar surface area (TPSA) is 37.2 Å². The first-order valence-corrected chi connectivity index (χ1v) is 8.31. The van der Waals surface area contributed by atoms with Crippen LogP contribution in [0.1, 0.15) is 22.4 Å². The molecule has 2 heterocycles. The molecule has 3 aromatic rings. The van der Waals surface area contributed by atoms with E-state index in [9.17, 15) is 5.11 Å². The maximum atomic E-state index is 9.42. The number of phenols is 1. The summed E-state index contributed by atoms with van der Waals surface area (Å²) >= 11 is 0. The van der Waals surface area contributed by atoms with Crippen LogP contribution in [0.15, 0.2) is 42.5 Å². The second kappa shape index (κ2) is 5.74. The zero-order chi connectivity index (χ0) is 15.8. The maximum absolute atomic E-state index is 9.42. The largest absolute Gasteiger partial charge is 0.508 e. The van der Waals surface area contributed by atoms with Crippen molar-refractivity contribution < 1.29 is 5.11 Å². The third kappa shape index (κ3) is 2.62. The van der Waals surface area contributed by atoms with Crippen LogP contribution in [0.25, 0.3) is 10.9 Å². The average molecular weight is 306 g/mol. The molecular weight excluding hydrogens is 284 g/mol. The zero-order valence-electron chi connectivity index (χ0n) is 13.5. The molecule has 0 bridgehead atoms. The Bertz CT molecular complexity index is 846. The molecule has 0 atom stereocenters. The molecule has 1 aromatic heterocycles. The lowest BCUT2D eigenvalue weighted by atomic mass is 10.0. The van der Waals surface area contributed by atoms with Crippen LogP contribution in [-0.2, 0) is 25.9 Å². The summed E-state index contributed by atoms with van der Waals surface area (Å²) in [5.74, 6) is 0.332. The molecule has 0 spiro atoms. The van der Waals surface area contributed by atoms with Crippen LogP contribution in [0.4, 0.5) is 0 Å². The van der Waals surface area contributed by atoms with Crippen molar-refractivity contribution in [2.24, 2.45) is 0 Å². The Morgan fingerprint density at radius 2 is 1.96 bits per heavy atom. The van der Waals surface area contributed by atoms with Crippen molar-refractivity contribution in [1.29, 1.82) is 0 Å². The van der Waals surface area contributed by atoms with E-state index >= 15 is 0 Å². The fourth-order valence-electron chi connectivity index (χ4n) is 3.65. The van der Waals surface area contributed by atoms with Crippen molar-refractivity contribution in [3.05, 3.63) is 64.8 Å². The Balaban J connectivity index is 1.72. The molecule has 0 saturated heterocycles. The summed E-state index contributed by atoms with van der Waals surface area (Å²) in [4.78, 5) is 0. The number of fused-ring (bicyclic) bond motifs is 3. The van der Waals surface area contributed by atoms with Gasteiger partial charge in [-0.3, -0.25) is 0 Å². The number of hydrogen-bond donors (Lipinski definition) is 2. The number of benzene rings is 2. The van der Waals surface area contributed by atoms with Gasteiger partial charge in [-0.05, 0) is 48.7 Å². The van der Waals surface area contributed by atoms with Gasteiger partial charge >= 0.3 is 0 Å². The van der Waals surface area contributed by atoms with Crippen molar-refractivity contribution in [2.75, 3.05) is 6.54 Å². The molecule has 2 aromatic carbocycles. The number of aromatic nitrogens is 1. The van der Waals surface area contributed by atoms with Crippen molar-refractivity contribution in [3.63, 3.8) is 0 Å². The van der Waals surface area contributed by atoms with Gasteiger partial charge in [-0.1, -0.05) is 23.8 Å². The Morgan fingerprint density at radius 1 is 1.13 bits per heavy atom. The lowest BCUT2D eigenvalue weighted by molar-refractivity contribution is 0.475. The molecule has 0 amide bonds. The molecule has 2 N–H and O–H groups in total. The highest BCUT2D eigenvalue weighted by atomic mass is 16.3. The molecule has 118 valence electrons. The Hall–Kier alpha value is -2.26. The first-order chi connectivity index (χ1) is 11.2. The molecular formula is C20H22N2O. The molecule has 1 aliphatic heterocycles. The van der Waals surface area contributed by atoms with Crippen LogP contribution >= 0.6 is 0 Å².